The molecule has 0 amide bonds. The fraction of sp³-hybridized carbons (Fsp3) is 0.625. The number of aliphatic hydroxyl groups is 1. The monoisotopic (exact) mass is 264 g/mol. The van der Waals surface area contributed by atoms with Crippen LogP contribution in [0.1, 0.15) is 37.7 Å². The third-order valence-corrected chi connectivity index (χ3v) is 5.75. The summed E-state index contributed by atoms with van der Waals surface area (Å²) < 4.78 is 27.2. The summed E-state index contributed by atoms with van der Waals surface area (Å²) in [5, 5.41) is 11.2. The van der Waals surface area contributed by atoms with Crippen molar-refractivity contribution >= 4 is 0 Å². The first kappa shape index (κ1) is 11.8. The molecule has 0 radical (unpaired) electrons. The highest BCUT2D eigenvalue weighted by atomic mass is 19.1. The van der Waals surface area contributed by atoms with Crippen LogP contribution in [0.3, 0.4) is 0 Å². The van der Waals surface area contributed by atoms with E-state index in [0.29, 0.717) is 17.4 Å². The Labute approximate surface area is 111 Å². The highest BCUT2D eigenvalue weighted by molar-refractivity contribution is 5.29. The van der Waals surface area contributed by atoms with Crippen LogP contribution >= 0.6 is 0 Å². The van der Waals surface area contributed by atoms with Gasteiger partial charge in [0.2, 0.25) is 0 Å². The number of rotatable bonds is 1. The summed E-state index contributed by atoms with van der Waals surface area (Å²) in [6, 6.07) is 3.62. The van der Waals surface area contributed by atoms with Crippen molar-refractivity contribution in [1.82, 2.24) is 0 Å². The summed E-state index contributed by atoms with van der Waals surface area (Å²) in [6.45, 7) is 0. The molecule has 19 heavy (non-hydrogen) atoms. The van der Waals surface area contributed by atoms with E-state index < -0.39 is 17.2 Å². The van der Waals surface area contributed by atoms with E-state index in [1.54, 1.807) is 0 Å². The smallest absolute Gasteiger partial charge is 0.132 e. The van der Waals surface area contributed by atoms with E-state index in [2.05, 4.69) is 0 Å². The van der Waals surface area contributed by atoms with Gasteiger partial charge in [-0.05, 0) is 61.8 Å². The van der Waals surface area contributed by atoms with E-state index in [9.17, 15) is 13.9 Å². The van der Waals surface area contributed by atoms with Gasteiger partial charge in [-0.2, -0.15) is 0 Å². The van der Waals surface area contributed by atoms with E-state index in [0.717, 1.165) is 31.7 Å². The summed E-state index contributed by atoms with van der Waals surface area (Å²) in [5.74, 6) is 0.577. The summed E-state index contributed by atoms with van der Waals surface area (Å²) in [5.41, 5.74) is -0.742. The predicted molar refractivity (Wildman–Crippen MR) is 67.3 cm³/mol. The average molecular weight is 264 g/mol. The minimum atomic E-state index is -1.06. The van der Waals surface area contributed by atoms with Gasteiger partial charge in [0, 0.05) is 11.6 Å². The molecule has 102 valence electrons. The van der Waals surface area contributed by atoms with Crippen LogP contribution in [0.25, 0.3) is 0 Å². The Morgan fingerprint density at radius 3 is 2.05 bits per heavy atom. The lowest BCUT2D eigenvalue weighted by molar-refractivity contribution is -0.180. The largest absolute Gasteiger partial charge is 0.384 e. The molecular weight excluding hydrogens is 246 g/mol. The summed E-state index contributed by atoms with van der Waals surface area (Å²) in [6.07, 6.45) is 5.29. The Morgan fingerprint density at radius 2 is 1.53 bits per heavy atom. The molecule has 1 nitrogen and oxygen atoms in total. The third kappa shape index (κ3) is 1.54. The second kappa shape index (κ2) is 3.78. The second-order valence-electron chi connectivity index (χ2n) is 6.75. The maximum Gasteiger partial charge on any atom is 0.132 e. The Morgan fingerprint density at radius 1 is 0.947 bits per heavy atom. The van der Waals surface area contributed by atoms with E-state index in [-0.39, 0.29) is 11.8 Å². The van der Waals surface area contributed by atoms with E-state index in [4.69, 9.17) is 0 Å². The molecule has 0 saturated heterocycles. The summed E-state index contributed by atoms with van der Waals surface area (Å²) in [7, 11) is 0. The van der Waals surface area contributed by atoms with Gasteiger partial charge in [0.1, 0.15) is 11.6 Å². The van der Waals surface area contributed by atoms with Crippen molar-refractivity contribution in [2.24, 2.45) is 23.7 Å². The molecule has 4 saturated carbocycles. The van der Waals surface area contributed by atoms with Gasteiger partial charge in [-0.25, -0.2) is 8.78 Å². The van der Waals surface area contributed by atoms with E-state index in [1.807, 2.05) is 0 Å². The molecule has 0 atom stereocenters. The zero-order valence-corrected chi connectivity index (χ0v) is 10.8. The topological polar surface area (TPSA) is 20.2 Å². The van der Waals surface area contributed by atoms with Gasteiger partial charge >= 0.3 is 0 Å². The maximum atomic E-state index is 14.1. The van der Waals surface area contributed by atoms with Crippen LogP contribution in [0.4, 0.5) is 8.78 Å². The minimum absolute atomic E-state index is 0.156. The van der Waals surface area contributed by atoms with Crippen molar-refractivity contribution in [3.63, 3.8) is 0 Å². The van der Waals surface area contributed by atoms with E-state index >= 15 is 0 Å². The molecule has 0 unspecified atom stereocenters. The molecule has 0 heterocycles. The Hall–Kier alpha value is -0.960. The van der Waals surface area contributed by atoms with Crippen molar-refractivity contribution < 1.29 is 13.9 Å². The Bertz CT molecular complexity index is 497. The number of hydrogen-bond acceptors (Lipinski definition) is 1. The molecule has 4 bridgehead atoms. The molecule has 5 rings (SSSR count). The van der Waals surface area contributed by atoms with Crippen molar-refractivity contribution in [2.75, 3.05) is 0 Å². The average Bonchev–Trinajstić information content (AvgIpc) is 2.34. The zero-order chi connectivity index (χ0) is 13.2. The SMILES string of the molecule is OC1(c2ccc(F)cc2F)C2CC3CC(C2)CC1C3. The summed E-state index contributed by atoms with van der Waals surface area (Å²) in [4.78, 5) is 0. The molecule has 3 heteroatoms. The van der Waals surface area contributed by atoms with Crippen LogP contribution in [-0.4, -0.2) is 5.11 Å². The zero-order valence-electron chi connectivity index (χ0n) is 10.8. The van der Waals surface area contributed by atoms with Gasteiger partial charge in [-0.3, -0.25) is 0 Å². The highest BCUT2D eigenvalue weighted by Crippen LogP contribution is 2.61. The first-order valence-corrected chi connectivity index (χ1v) is 7.25. The van der Waals surface area contributed by atoms with Crippen LogP contribution in [0, 0.1) is 35.3 Å². The van der Waals surface area contributed by atoms with Gasteiger partial charge in [0.05, 0.1) is 5.60 Å². The van der Waals surface area contributed by atoms with Crippen molar-refractivity contribution in [1.29, 1.82) is 0 Å². The molecule has 0 aromatic heterocycles. The number of benzene rings is 1. The van der Waals surface area contributed by atoms with Crippen LogP contribution in [0.2, 0.25) is 0 Å². The highest BCUT2D eigenvalue weighted by Gasteiger charge is 2.57. The fourth-order valence-electron chi connectivity index (χ4n) is 5.16. The van der Waals surface area contributed by atoms with Crippen molar-refractivity contribution in [3.05, 3.63) is 35.4 Å². The van der Waals surface area contributed by atoms with Crippen LogP contribution in [0.15, 0.2) is 18.2 Å². The molecule has 1 aromatic rings. The normalized spacial score (nSPS) is 43.7. The predicted octanol–water partition coefficient (Wildman–Crippen LogP) is 3.61. The second-order valence-corrected chi connectivity index (χ2v) is 6.75. The lowest BCUT2D eigenvalue weighted by Gasteiger charge is -2.59. The maximum absolute atomic E-state index is 14.1. The lowest BCUT2D eigenvalue weighted by atomic mass is 9.48. The van der Waals surface area contributed by atoms with E-state index in [1.165, 1.54) is 18.6 Å². The molecule has 1 aromatic carbocycles. The molecule has 1 N–H and O–H groups in total. The molecule has 4 fully saturated rings. The third-order valence-electron chi connectivity index (χ3n) is 5.75. The number of hydrogen-bond donors (Lipinski definition) is 1. The minimum Gasteiger partial charge on any atom is -0.384 e. The van der Waals surface area contributed by atoms with Gasteiger partial charge in [0.15, 0.2) is 0 Å². The molecule has 0 spiro atoms. The summed E-state index contributed by atoms with van der Waals surface area (Å²) >= 11 is 0. The lowest BCUT2D eigenvalue weighted by Crippen LogP contribution is -2.55. The Kier molecular flexibility index (Phi) is 2.36. The van der Waals surface area contributed by atoms with Crippen LogP contribution in [-0.2, 0) is 5.60 Å². The number of halogens is 2. The fourth-order valence-corrected chi connectivity index (χ4v) is 5.16. The first-order chi connectivity index (χ1) is 9.07. The van der Waals surface area contributed by atoms with Crippen LogP contribution in [0.5, 0.6) is 0 Å². The van der Waals surface area contributed by atoms with Crippen molar-refractivity contribution in [2.45, 2.75) is 37.7 Å². The van der Waals surface area contributed by atoms with Gasteiger partial charge in [-0.1, -0.05) is 6.07 Å². The molecule has 4 aliphatic rings. The van der Waals surface area contributed by atoms with Gasteiger partial charge in [-0.15, -0.1) is 0 Å². The first-order valence-electron chi connectivity index (χ1n) is 7.25. The standard InChI is InChI=1S/C16H18F2O/c17-13-1-2-14(15(18)8-13)16(19)11-4-9-3-10(6-11)7-12(16)5-9/h1-2,8-12,19H,3-7H2. The van der Waals surface area contributed by atoms with Gasteiger partial charge < -0.3 is 5.11 Å². The van der Waals surface area contributed by atoms with Gasteiger partial charge in [0.25, 0.3) is 0 Å². The molecular formula is C16H18F2O. The molecule has 0 aliphatic heterocycles. The van der Waals surface area contributed by atoms with Crippen molar-refractivity contribution in [3.8, 4) is 0 Å². The quantitative estimate of drug-likeness (QED) is 0.821. The Balaban J connectivity index is 1.80. The van der Waals surface area contributed by atoms with Crippen LogP contribution < -0.4 is 0 Å². The molecule has 4 aliphatic carbocycles.